The summed E-state index contributed by atoms with van der Waals surface area (Å²) in [6, 6.07) is 29.1. The topological polar surface area (TPSA) is 38.5 Å². The number of nitrogens with zero attached hydrogens (tertiary/aromatic N) is 1. The predicted molar refractivity (Wildman–Crippen MR) is 115 cm³/mol. The lowest BCUT2D eigenvalue weighted by atomic mass is 9.84. The second kappa shape index (κ2) is 8.49. The number of likely N-dealkylation sites (tertiary alicyclic amines) is 1. The molecule has 0 aliphatic carbocycles. The summed E-state index contributed by atoms with van der Waals surface area (Å²) >= 11 is 0. The first-order chi connectivity index (χ1) is 13.7. The maximum absolute atomic E-state index is 6.61. The Morgan fingerprint density at radius 1 is 0.786 bits per heavy atom. The van der Waals surface area contributed by atoms with Crippen LogP contribution in [0.3, 0.4) is 0 Å². The van der Waals surface area contributed by atoms with Crippen LogP contribution in [0.1, 0.15) is 24.0 Å². The second-order valence-corrected chi connectivity index (χ2v) is 7.61. The molecular formula is C25H28N2O. The highest BCUT2D eigenvalue weighted by molar-refractivity contribution is 5.42. The molecule has 0 saturated carbocycles. The Kier molecular flexibility index (Phi) is 5.63. The molecule has 0 amide bonds. The van der Waals surface area contributed by atoms with E-state index < -0.39 is 0 Å². The van der Waals surface area contributed by atoms with Crippen molar-refractivity contribution in [3.63, 3.8) is 0 Å². The molecule has 1 aliphatic heterocycles. The summed E-state index contributed by atoms with van der Waals surface area (Å²) in [5.41, 5.74) is 8.99. The molecule has 0 atom stereocenters. The monoisotopic (exact) mass is 372 g/mol. The molecule has 0 unspecified atom stereocenters. The SMILES string of the molecule is Nc1ccc(OC2(c3ccccc3)CCN(CCc3ccccc3)CC2)cc1. The first-order valence-electron chi connectivity index (χ1n) is 10.1. The van der Waals surface area contributed by atoms with Crippen LogP contribution in [0.15, 0.2) is 84.9 Å². The van der Waals surface area contributed by atoms with Gasteiger partial charge in [0, 0.05) is 38.2 Å². The third-order valence-electron chi connectivity index (χ3n) is 5.72. The van der Waals surface area contributed by atoms with E-state index >= 15 is 0 Å². The number of benzene rings is 3. The minimum absolute atomic E-state index is 0.277. The number of ether oxygens (including phenoxy) is 1. The van der Waals surface area contributed by atoms with Crippen LogP contribution in [0.4, 0.5) is 5.69 Å². The number of nitrogen functional groups attached to an aromatic ring is 1. The highest BCUT2D eigenvalue weighted by Gasteiger charge is 2.38. The van der Waals surface area contributed by atoms with Gasteiger partial charge >= 0.3 is 0 Å². The van der Waals surface area contributed by atoms with E-state index in [1.165, 1.54) is 11.1 Å². The number of nitrogens with two attached hydrogens (primary N) is 1. The Morgan fingerprint density at radius 2 is 1.39 bits per heavy atom. The molecule has 1 aliphatic rings. The van der Waals surface area contributed by atoms with Gasteiger partial charge in [-0.05, 0) is 41.8 Å². The number of hydrogen-bond acceptors (Lipinski definition) is 3. The Hall–Kier alpha value is -2.78. The minimum Gasteiger partial charge on any atom is -0.482 e. The molecule has 144 valence electrons. The average molecular weight is 373 g/mol. The van der Waals surface area contributed by atoms with Gasteiger partial charge in [-0.2, -0.15) is 0 Å². The first-order valence-corrected chi connectivity index (χ1v) is 10.1. The summed E-state index contributed by atoms with van der Waals surface area (Å²) in [5.74, 6) is 0.885. The van der Waals surface area contributed by atoms with Gasteiger partial charge in [0.2, 0.25) is 0 Å². The predicted octanol–water partition coefficient (Wildman–Crippen LogP) is 4.88. The van der Waals surface area contributed by atoms with Crippen molar-refractivity contribution in [2.75, 3.05) is 25.4 Å². The van der Waals surface area contributed by atoms with Gasteiger partial charge in [-0.3, -0.25) is 0 Å². The van der Waals surface area contributed by atoms with Crippen molar-refractivity contribution in [3.8, 4) is 5.75 Å². The van der Waals surface area contributed by atoms with E-state index in [1.807, 2.05) is 24.3 Å². The zero-order valence-corrected chi connectivity index (χ0v) is 16.3. The van der Waals surface area contributed by atoms with Crippen molar-refractivity contribution in [1.29, 1.82) is 0 Å². The fourth-order valence-electron chi connectivity index (χ4n) is 4.02. The number of hydrogen-bond donors (Lipinski definition) is 1. The molecule has 28 heavy (non-hydrogen) atoms. The lowest BCUT2D eigenvalue weighted by Crippen LogP contribution is -2.46. The van der Waals surface area contributed by atoms with Crippen LogP contribution in [0.2, 0.25) is 0 Å². The van der Waals surface area contributed by atoms with E-state index in [4.69, 9.17) is 10.5 Å². The van der Waals surface area contributed by atoms with Gasteiger partial charge in [0.15, 0.2) is 0 Å². The zero-order valence-electron chi connectivity index (χ0n) is 16.3. The van der Waals surface area contributed by atoms with E-state index in [0.717, 1.165) is 50.3 Å². The summed E-state index contributed by atoms with van der Waals surface area (Å²) in [4.78, 5) is 2.56. The molecule has 0 aromatic heterocycles. The summed E-state index contributed by atoms with van der Waals surface area (Å²) in [7, 11) is 0. The number of rotatable bonds is 6. The molecule has 2 N–H and O–H groups in total. The lowest BCUT2D eigenvalue weighted by Gasteiger charge is -2.42. The van der Waals surface area contributed by atoms with Crippen molar-refractivity contribution in [2.45, 2.75) is 24.9 Å². The van der Waals surface area contributed by atoms with Crippen LogP contribution in [0, 0.1) is 0 Å². The second-order valence-electron chi connectivity index (χ2n) is 7.61. The largest absolute Gasteiger partial charge is 0.482 e. The zero-order chi connectivity index (χ0) is 19.2. The van der Waals surface area contributed by atoms with E-state index in [0.29, 0.717) is 0 Å². The Balaban J connectivity index is 1.46. The summed E-state index contributed by atoms with van der Waals surface area (Å²) in [5, 5.41) is 0. The van der Waals surface area contributed by atoms with Crippen molar-refractivity contribution in [1.82, 2.24) is 4.90 Å². The van der Waals surface area contributed by atoms with Gasteiger partial charge in [-0.1, -0.05) is 60.7 Å². The number of anilines is 1. The summed E-state index contributed by atoms with van der Waals surface area (Å²) in [6.45, 7) is 3.17. The van der Waals surface area contributed by atoms with Crippen LogP contribution in [-0.4, -0.2) is 24.5 Å². The first kappa shape index (κ1) is 18.6. The molecular weight excluding hydrogens is 344 g/mol. The van der Waals surface area contributed by atoms with Gasteiger partial charge in [-0.25, -0.2) is 0 Å². The molecule has 3 aromatic rings. The van der Waals surface area contributed by atoms with Crippen LogP contribution in [0.5, 0.6) is 5.75 Å². The fraction of sp³-hybridized carbons (Fsp3) is 0.280. The van der Waals surface area contributed by atoms with Crippen LogP contribution >= 0.6 is 0 Å². The van der Waals surface area contributed by atoms with E-state index in [9.17, 15) is 0 Å². The maximum Gasteiger partial charge on any atom is 0.136 e. The van der Waals surface area contributed by atoms with Crippen molar-refractivity contribution < 1.29 is 4.74 Å². The van der Waals surface area contributed by atoms with Crippen LogP contribution < -0.4 is 10.5 Å². The van der Waals surface area contributed by atoms with Gasteiger partial charge in [0.1, 0.15) is 11.4 Å². The lowest BCUT2D eigenvalue weighted by molar-refractivity contribution is -0.00246. The van der Waals surface area contributed by atoms with Gasteiger partial charge in [0.05, 0.1) is 0 Å². The molecule has 3 heteroatoms. The fourth-order valence-corrected chi connectivity index (χ4v) is 4.02. The van der Waals surface area contributed by atoms with Crippen molar-refractivity contribution >= 4 is 5.69 Å². The Bertz CT molecular complexity index is 854. The molecule has 1 heterocycles. The summed E-state index contributed by atoms with van der Waals surface area (Å²) < 4.78 is 6.61. The minimum atomic E-state index is -0.277. The van der Waals surface area contributed by atoms with Gasteiger partial charge in [0.25, 0.3) is 0 Å². The third-order valence-corrected chi connectivity index (χ3v) is 5.72. The molecule has 1 saturated heterocycles. The van der Waals surface area contributed by atoms with Crippen molar-refractivity contribution in [3.05, 3.63) is 96.1 Å². The Morgan fingerprint density at radius 3 is 2.04 bits per heavy atom. The average Bonchev–Trinajstić information content (AvgIpc) is 2.76. The molecule has 4 rings (SSSR count). The van der Waals surface area contributed by atoms with Crippen LogP contribution in [-0.2, 0) is 12.0 Å². The summed E-state index contributed by atoms with van der Waals surface area (Å²) in [6.07, 6.45) is 3.06. The van der Waals surface area contributed by atoms with E-state index in [-0.39, 0.29) is 5.60 Å². The van der Waals surface area contributed by atoms with E-state index in [2.05, 4.69) is 65.6 Å². The quantitative estimate of drug-likeness (QED) is 0.627. The molecule has 1 fully saturated rings. The van der Waals surface area contributed by atoms with Gasteiger partial charge < -0.3 is 15.4 Å². The smallest absolute Gasteiger partial charge is 0.136 e. The van der Waals surface area contributed by atoms with Crippen LogP contribution in [0.25, 0.3) is 0 Å². The molecule has 3 nitrogen and oxygen atoms in total. The number of piperidine rings is 1. The Labute approximate surface area is 167 Å². The molecule has 0 radical (unpaired) electrons. The van der Waals surface area contributed by atoms with Gasteiger partial charge in [-0.15, -0.1) is 0 Å². The highest BCUT2D eigenvalue weighted by Crippen LogP contribution is 2.38. The third kappa shape index (κ3) is 4.37. The molecule has 0 spiro atoms. The van der Waals surface area contributed by atoms with E-state index in [1.54, 1.807) is 0 Å². The highest BCUT2D eigenvalue weighted by atomic mass is 16.5. The molecule has 0 bridgehead atoms. The molecule has 3 aromatic carbocycles. The normalized spacial score (nSPS) is 16.6. The maximum atomic E-state index is 6.61. The standard InChI is InChI=1S/C25H28N2O/c26-23-11-13-24(14-12-23)28-25(22-9-5-2-6-10-22)16-19-27(20-17-25)18-15-21-7-3-1-4-8-21/h1-14H,15-20,26H2. The van der Waals surface area contributed by atoms with Crippen molar-refractivity contribution in [2.24, 2.45) is 0 Å².